The summed E-state index contributed by atoms with van der Waals surface area (Å²) in [4.78, 5) is 22.3. The summed E-state index contributed by atoms with van der Waals surface area (Å²) >= 11 is 0. The van der Waals surface area contributed by atoms with Gasteiger partial charge in [-0.3, -0.25) is 10.2 Å². The summed E-state index contributed by atoms with van der Waals surface area (Å²) in [6.45, 7) is 5.13. The lowest BCUT2D eigenvalue weighted by molar-refractivity contribution is -0.127. The van der Waals surface area contributed by atoms with Crippen LogP contribution in [0.4, 0.5) is 4.79 Å². The number of hydrazine groups is 1. The Bertz CT molecular complexity index is 286. The fourth-order valence-electron chi connectivity index (χ4n) is 1.96. The van der Waals surface area contributed by atoms with E-state index in [4.69, 9.17) is 5.11 Å². The van der Waals surface area contributed by atoms with Gasteiger partial charge in [-0.2, -0.15) is 0 Å². The summed E-state index contributed by atoms with van der Waals surface area (Å²) < 4.78 is 0. The molecule has 1 aliphatic rings. The highest BCUT2D eigenvalue weighted by Gasteiger charge is 2.25. The van der Waals surface area contributed by atoms with Crippen molar-refractivity contribution in [2.45, 2.75) is 45.1 Å². The Morgan fingerprint density at radius 1 is 1.24 bits per heavy atom. The van der Waals surface area contributed by atoms with Crippen molar-refractivity contribution in [3.8, 4) is 0 Å². The fourth-order valence-corrected chi connectivity index (χ4v) is 1.96. The standard InChI is InChI=1S/C11H21N3O3/c1-11(2,12-10(16)17)8-9(15)13-14-6-4-3-5-7-14/h12H,3-8H2,1-2H3,(H,13,15)(H,16,17). The molecule has 6 nitrogen and oxygen atoms in total. The molecule has 0 aromatic heterocycles. The lowest BCUT2D eigenvalue weighted by Gasteiger charge is -2.29. The second-order valence-electron chi connectivity index (χ2n) is 5.07. The number of carbonyl (C=O) groups is 2. The van der Waals surface area contributed by atoms with Gasteiger partial charge in [-0.05, 0) is 26.7 Å². The molecular formula is C11H21N3O3. The quantitative estimate of drug-likeness (QED) is 0.686. The minimum atomic E-state index is -1.11. The Morgan fingerprint density at radius 3 is 2.35 bits per heavy atom. The maximum absolute atomic E-state index is 11.7. The molecule has 0 radical (unpaired) electrons. The number of piperidine rings is 1. The number of hydrogen-bond donors (Lipinski definition) is 3. The van der Waals surface area contributed by atoms with Crippen LogP contribution in [-0.4, -0.2) is 40.7 Å². The maximum Gasteiger partial charge on any atom is 0.405 e. The smallest absolute Gasteiger partial charge is 0.405 e. The lowest BCUT2D eigenvalue weighted by atomic mass is 10.0. The molecule has 0 unspecified atom stereocenters. The predicted molar refractivity (Wildman–Crippen MR) is 63.4 cm³/mol. The molecule has 0 bridgehead atoms. The van der Waals surface area contributed by atoms with Gasteiger partial charge in [0.1, 0.15) is 0 Å². The van der Waals surface area contributed by atoms with Crippen LogP contribution in [0.5, 0.6) is 0 Å². The third-order valence-corrected chi connectivity index (χ3v) is 2.69. The minimum absolute atomic E-state index is 0.135. The van der Waals surface area contributed by atoms with Crippen molar-refractivity contribution < 1.29 is 14.7 Å². The second-order valence-corrected chi connectivity index (χ2v) is 5.07. The van der Waals surface area contributed by atoms with E-state index in [0.717, 1.165) is 25.9 Å². The fraction of sp³-hybridized carbons (Fsp3) is 0.818. The Labute approximate surface area is 101 Å². The molecule has 0 atom stereocenters. The highest BCUT2D eigenvalue weighted by Crippen LogP contribution is 2.10. The molecule has 3 N–H and O–H groups in total. The molecule has 1 fully saturated rings. The number of rotatable bonds is 4. The van der Waals surface area contributed by atoms with Gasteiger partial charge in [-0.25, -0.2) is 9.80 Å². The third kappa shape index (κ3) is 5.53. The van der Waals surface area contributed by atoms with Crippen LogP contribution in [0.1, 0.15) is 39.5 Å². The molecule has 0 aliphatic carbocycles. The van der Waals surface area contributed by atoms with Crippen molar-refractivity contribution in [1.82, 2.24) is 15.8 Å². The first-order valence-electron chi connectivity index (χ1n) is 5.95. The van der Waals surface area contributed by atoms with E-state index in [-0.39, 0.29) is 12.3 Å². The Kier molecular flexibility index (Phi) is 4.74. The molecule has 0 saturated carbocycles. The van der Waals surface area contributed by atoms with Crippen molar-refractivity contribution in [1.29, 1.82) is 0 Å². The first-order valence-corrected chi connectivity index (χ1v) is 5.95. The SMILES string of the molecule is CC(C)(CC(=O)NN1CCCCC1)NC(=O)O. The average Bonchev–Trinajstić information content (AvgIpc) is 2.15. The molecule has 1 rings (SSSR count). The zero-order valence-electron chi connectivity index (χ0n) is 10.5. The van der Waals surface area contributed by atoms with Gasteiger partial charge in [0, 0.05) is 18.6 Å². The topological polar surface area (TPSA) is 81.7 Å². The molecule has 0 spiro atoms. The molecule has 1 heterocycles. The normalized spacial score (nSPS) is 17.5. The van der Waals surface area contributed by atoms with Gasteiger partial charge in [0.05, 0.1) is 6.42 Å². The molecule has 2 amide bonds. The zero-order chi connectivity index (χ0) is 12.9. The Hall–Kier alpha value is -1.30. The van der Waals surface area contributed by atoms with Crippen molar-refractivity contribution in [3.63, 3.8) is 0 Å². The molecule has 0 aromatic rings. The number of hydrogen-bond acceptors (Lipinski definition) is 3. The third-order valence-electron chi connectivity index (χ3n) is 2.69. The van der Waals surface area contributed by atoms with Gasteiger partial charge in [0.25, 0.3) is 0 Å². The van der Waals surface area contributed by atoms with Crippen molar-refractivity contribution in [3.05, 3.63) is 0 Å². The van der Waals surface area contributed by atoms with E-state index in [9.17, 15) is 9.59 Å². The van der Waals surface area contributed by atoms with Crippen LogP contribution in [0.3, 0.4) is 0 Å². The average molecular weight is 243 g/mol. The summed E-state index contributed by atoms with van der Waals surface area (Å²) in [5.41, 5.74) is 2.07. The maximum atomic E-state index is 11.7. The first-order chi connectivity index (χ1) is 7.89. The van der Waals surface area contributed by atoms with E-state index in [0.29, 0.717) is 0 Å². The number of nitrogens with one attached hydrogen (secondary N) is 2. The van der Waals surface area contributed by atoms with Gasteiger partial charge in [-0.1, -0.05) is 6.42 Å². The summed E-state index contributed by atoms with van der Waals surface area (Å²) in [5, 5.41) is 12.9. The molecule has 1 saturated heterocycles. The zero-order valence-corrected chi connectivity index (χ0v) is 10.5. The van der Waals surface area contributed by atoms with E-state index in [1.165, 1.54) is 6.42 Å². The van der Waals surface area contributed by atoms with Gasteiger partial charge in [0.15, 0.2) is 0 Å². The molecule has 98 valence electrons. The van der Waals surface area contributed by atoms with E-state index in [2.05, 4.69) is 10.7 Å². The van der Waals surface area contributed by atoms with E-state index in [1.807, 2.05) is 5.01 Å². The highest BCUT2D eigenvalue weighted by atomic mass is 16.4. The van der Waals surface area contributed by atoms with Crippen LogP contribution >= 0.6 is 0 Å². The molecule has 6 heteroatoms. The minimum Gasteiger partial charge on any atom is -0.465 e. The van der Waals surface area contributed by atoms with Gasteiger partial charge in [-0.15, -0.1) is 0 Å². The summed E-state index contributed by atoms with van der Waals surface area (Å²) in [6.07, 6.45) is 2.42. The summed E-state index contributed by atoms with van der Waals surface area (Å²) in [5.74, 6) is -0.148. The second kappa shape index (κ2) is 5.86. The van der Waals surface area contributed by atoms with Gasteiger partial charge >= 0.3 is 6.09 Å². The van der Waals surface area contributed by atoms with Crippen LogP contribution in [0, 0.1) is 0 Å². The summed E-state index contributed by atoms with van der Waals surface area (Å²) in [7, 11) is 0. The molecule has 17 heavy (non-hydrogen) atoms. The Morgan fingerprint density at radius 2 is 1.82 bits per heavy atom. The van der Waals surface area contributed by atoms with Crippen molar-refractivity contribution in [2.24, 2.45) is 0 Å². The van der Waals surface area contributed by atoms with Crippen LogP contribution in [0.15, 0.2) is 0 Å². The Balaban J connectivity index is 2.34. The molecule has 1 aliphatic heterocycles. The monoisotopic (exact) mass is 243 g/mol. The molecular weight excluding hydrogens is 222 g/mol. The lowest BCUT2D eigenvalue weighted by Crippen LogP contribution is -2.50. The van der Waals surface area contributed by atoms with Gasteiger partial charge in [0.2, 0.25) is 5.91 Å². The van der Waals surface area contributed by atoms with E-state index >= 15 is 0 Å². The number of carbonyl (C=O) groups excluding carboxylic acids is 1. The molecule has 0 aromatic carbocycles. The summed E-state index contributed by atoms with van der Waals surface area (Å²) in [6, 6.07) is 0. The predicted octanol–water partition coefficient (Wildman–Crippen LogP) is 0.940. The van der Waals surface area contributed by atoms with Crippen LogP contribution in [0.2, 0.25) is 0 Å². The van der Waals surface area contributed by atoms with Crippen LogP contribution in [-0.2, 0) is 4.79 Å². The van der Waals surface area contributed by atoms with Crippen molar-refractivity contribution >= 4 is 12.0 Å². The van der Waals surface area contributed by atoms with Crippen molar-refractivity contribution in [2.75, 3.05) is 13.1 Å². The number of carboxylic acid groups (broad SMARTS) is 1. The number of amides is 2. The van der Waals surface area contributed by atoms with E-state index < -0.39 is 11.6 Å². The van der Waals surface area contributed by atoms with Crippen LogP contribution < -0.4 is 10.7 Å². The van der Waals surface area contributed by atoms with E-state index in [1.54, 1.807) is 13.8 Å². The first kappa shape index (κ1) is 13.8. The largest absolute Gasteiger partial charge is 0.465 e. The van der Waals surface area contributed by atoms with Gasteiger partial charge < -0.3 is 10.4 Å². The van der Waals surface area contributed by atoms with Crippen LogP contribution in [0.25, 0.3) is 0 Å². The highest BCUT2D eigenvalue weighted by molar-refractivity contribution is 5.77. The number of nitrogens with zero attached hydrogens (tertiary/aromatic N) is 1.